The molecule has 0 aliphatic carbocycles. The summed E-state index contributed by atoms with van der Waals surface area (Å²) in [7, 11) is 0. The Kier molecular flexibility index (Phi) is 3.56. The Morgan fingerprint density at radius 3 is 3.05 bits per heavy atom. The van der Waals surface area contributed by atoms with Crippen LogP contribution in [-0.4, -0.2) is 39.7 Å². The van der Waals surface area contributed by atoms with Crippen LogP contribution in [0.3, 0.4) is 0 Å². The van der Waals surface area contributed by atoms with Gasteiger partial charge in [0.1, 0.15) is 18.2 Å². The van der Waals surface area contributed by atoms with Gasteiger partial charge in [0.2, 0.25) is 11.7 Å². The SMILES string of the molecule is N#CC(=CNc1ccccc1C1=NCCO1)c1nn[nH]n1. The molecule has 0 bridgehead atoms. The van der Waals surface area contributed by atoms with Gasteiger partial charge in [-0.1, -0.05) is 12.1 Å². The molecule has 2 aromatic rings. The lowest BCUT2D eigenvalue weighted by Gasteiger charge is -2.08. The van der Waals surface area contributed by atoms with Crippen molar-refractivity contribution in [2.75, 3.05) is 18.5 Å². The zero-order valence-corrected chi connectivity index (χ0v) is 10.9. The fourth-order valence-electron chi connectivity index (χ4n) is 1.87. The molecule has 1 aliphatic heterocycles. The Bertz CT molecular complexity index is 727. The second-order valence-corrected chi connectivity index (χ2v) is 4.13. The average molecular weight is 281 g/mol. The number of para-hydroxylation sites is 1. The van der Waals surface area contributed by atoms with Gasteiger partial charge in [-0.3, -0.25) is 0 Å². The smallest absolute Gasteiger partial charge is 0.218 e. The number of benzene rings is 1. The van der Waals surface area contributed by atoms with Gasteiger partial charge in [0.25, 0.3) is 0 Å². The van der Waals surface area contributed by atoms with Gasteiger partial charge in [-0.15, -0.1) is 10.2 Å². The normalized spacial score (nSPS) is 14.2. The minimum atomic E-state index is 0.233. The van der Waals surface area contributed by atoms with E-state index < -0.39 is 0 Å². The van der Waals surface area contributed by atoms with E-state index in [0.29, 0.717) is 19.0 Å². The van der Waals surface area contributed by atoms with Crippen LogP contribution < -0.4 is 5.32 Å². The summed E-state index contributed by atoms with van der Waals surface area (Å²) in [6.45, 7) is 1.25. The number of nitrogens with one attached hydrogen (secondary N) is 2. The Balaban J connectivity index is 1.87. The number of ether oxygens (including phenoxy) is 1. The highest BCUT2D eigenvalue weighted by molar-refractivity contribution is 6.00. The molecular formula is C13H11N7O. The first-order valence-corrected chi connectivity index (χ1v) is 6.26. The van der Waals surface area contributed by atoms with Gasteiger partial charge in [-0.05, 0) is 17.3 Å². The molecule has 2 N–H and O–H groups in total. The highest BCUT2D eigenvalue weighted by Gasteiger charge is 2.14. The molecular weight excluding hydrogens is 270 g/mol. The topological polar surface area (TPSA) is 112 Å². The lowest BCUT2D eigenvalue weighted by Crippen LogP contribution is -2.05. The average Bonchev–Trinajstić information content (AvgIpc) is 3.22. The van der Waals surface area contributed by atoms with E-state index in [4.69, 9.17) is 10.00 Å². The molecule has 8 nitrogen and oxygen atoms in total. The number of hydrogen-bond donors (Lipinski definition) is 2. The molecule has 1 aromatic heterocycles. The van der Waals surface area contributed by atoms with E-state index in [2.05, 4.69) is 30.9 Å². The Morgan fingerprint density at radius 1 is 1.43 bits per heavy atom. The van der Waals surface area contributed by atoms with Gasteiger partial charge in [0.05, 0.1) is 17.8 Å². The Hall–Kier alpha value is -3.21. The second-order valence-electron chi connectivity index (χ2n) is 4.13. The van der Waals surface area contributed by atoms with E-state index in [-0.39, 0.29) is 11.4 Å². The first-order valence-electron chi connectivity index (χ1n) is 6.26. The predicted octanol–water partition coefficient (Wildman–Crippen LogP) is 0.953. The molecule has 0 fully saturated rings. The summed E-state index contributed by atoms with van der Waals surface area (Å²) in [5, 5.41) is 25.5. The van der Waals surface area contributed by atoms with Crippen molar-refractivity contribution in [3.8, 4) is 6.07 Å². The van der Waals surface area contributed by atoms with E-state index in [1.54, 1.807) is 0 Å². The molecule has 2 heterocycles. The molecule has 3 rings (SSSR count). The van der Waals surface area contributed by atoms with Gasteiger partial charge < -0.3 is 10.1 Å². The van der Waals surface area contributed by atoms with Crippen LogP contribution >= 0.6 is 0 Å². The number of rotatable bonds is 4. The molecule has 21 heavy (non-hydrogen) atoms. The Morgan fingerprint density at radius 2 is 2.33 bits per heavy atom. The Labute approximate surface area is 120 Å². The molecule has 1 aromatic carbocycles. The first-order chi connectivity index (χ1) is 10.4. The molecule has 0 atom stereocenters. The molecule has 0 amide bonds. The fraction of sp³-hybridized carbons (Fsp3) is 0.154. The standard InChI is InChI=1S/C13H11N7O/c14-7-9(12-17-19-20-18-12)8-16-11-4-2-1-3-10(11)13-15-5-6-21-13/h1-4,8,16H,5-6H2,(H,17,18,19,20). The van der Waals surface area contributed by atoms with Crippen LogP contribution in [-0.2, 0) is 4.74 Å². The highest BCUT2D eigenvalue weighted by atomic mass is 16.5. The summed E-state index contributed by atoms with van der Waals surface area (Å²) in [5.74, 6) is 0.835. The summed E-state index contributed by atoms with van der Waals surface area (Å²) in [6, 6.07) is 9.58. The highest BCUT2D eigenvalue weighted by Crippen LogP contribution is 2.19. The molecule has 0 saturated heterocycles. The number of nitriles is 1. The fourth-order valence-corrected chi connectivity index (χ4v) is 1.87. The summed E-state index contributed by atoms with van der Waals surface area (Å²) in [6.07, 6.45) is 1.53. The molecule has 1 aliphatic rings. The van der Waals surface area contributed by atoms with Crippen molar-refractivity contribution in [1.82, 2.24) is 20.6 Å². The molecule has 0 saturated carbocycles. The zero-order chi connectivity index (χ0) is 14.5. The molecule has 0 radical (unpaired) electrons. The molecule has 0 spiro atoms. The number of H-pyrrole nitrogens is 1. The molecule has 104 valence electrons. The largest absolute Gasteiger partial charge is 0.475 e. The van der Waals surface area contributed by atoms with Gasteiger partial charge in [0.15, 0.2) is 0 Å². The summed E-state index contributed by atoms with van der Waals surface area (Å²) < 4.78 is 5.47. The number of aliphatic imine (C=N–C) groups is 1. The maximum Gasteiger partial charge on any atom is 0.218 e. The summed E-state index contributed by atoms with van der Waals surface area (Å²) in [4.78, 5) is 4.29. The third-order valence-corrected chi connectivity index (χ3v) is 2.82. The maximum absolute atomic E-state index is 9.13. The first kappa shape index (κ1) is 12.8. The number of nitrogens with zero attached hydrogens (tertiary/aromatic N) is 5. The third-order valence-electron chi connectivity index (χ3n) is 2.82. The summed E-state index contributed by atoms with van der Waals surface area (Å²) in [5.41, 5.74) is 1.90. The number of tetrazole rings is 1. The van der Waals surface area contributed by atoms with Crippen LogP contribution in [0.1, 0.15) is 11.4 Å². The minimum Gasteiger partial charge on any atom is -0.475 e. The van der Waals surface area contributed by atoms with Crippen LogP contribution in [0.5, 0.6) is 0 Å². The van der Waals surface area contributed by atoms with Crippen molar-refractivity contribution in [3.63, 3.8) is 0 Å². The van der Waals surface area contributed by atoms with Crippen LogP contribution in [0, 0.1) is 11.3 Å². The van der Waals surface area contributed by atoms with Crippen molar-refractivity contribution < 1.29 is 4.74 Å². The van der Waals surface area contributed by atoms with Crippen molar-refractivity contribution in [3.05, 3.63) is 41.9 Å². The second kappa shape index (κ2) is 5.83. The predicted molar refractivity (Wildman–Crippen MR) is 75.2 cm³/mol. The maximum atomic E-state index is 9.13. The number of aromatic nitrogens is 4. The van der Waals surface area contributed by atoms with Crippen molar-refractivity contribution in [2.45, 2.75) is 0 Å². The number of allylic oxidation sites excluding steroid dienone is 1. The minimum absolute atomic E-state index is 0.233. The zero-order valence-electron chi connectivity index (χ0n) is 10.9. The molecule has 0 unspecified atom stereocenters. The molecule has 8 heteroatoms. The van der Waals surface area contributed by atoms with Crippen molar-refractivity contribution >= 4 is 17.2 Å². The van der Waals surface area contributed by atoms with Gasteiger partial charge in [-0.25, -0.2) is 4.99 Å². The van der Waals surface area contributed by atoms with Crippen molar-refractivity contribution in [2.24, 2.45) is 4.99 Å². The third kappa shape index (κ3) is 2.71. The van der Waals surface area contributed by atoms with E-state index in [1.165, 1.54) is 6.20 Å². The number of aromatic amines is 1. The van der Waals surface area contributed by atoms with Crippen LogP contribution in [0.15, 0.2) is 35.5 Å². The van der Waals surface area contributed by atoms with Crippen LogP contribution in [0.4, 0.5) is 5.69 Å². The van der Waals surface area contributed by atoms with Crippen LogP contribution in [0.25, 0.3) is 5.57 Å². The van der Waals surface area contributed by atoms with Crippen molar-refractivity contribution in [1.29, 1.82) is 5.26 Å². The van der Waals surface area contributed by atoms with Gasteiger partial charge in [0, 0.05) is 6.20 Å². The van der Waals surface area contributed by atoms with Gasteiger partial charge in [-0.2, -0.15) is 10.5 Å². The summed E-state index contributed by atoms with van der Waals surface area (Å²) >= 11 is 0. The van der Waals surface area contributed by atoms with E-state index in [0.717, 1.165) is 11.3 Å². The van der Waals surface area contributed by atoms with E-state index >= 15 is 0 Å². The van der Waals surface area contributed by atoms with E-state index in [9.17, 15) is 0 Å². The number of hydrogen-bond acceptors (Lipinski definition) is 7. The quantitative estimate of drug-likeness (QED) is 0.807. The van der Waals surface area contributed by atoms with E-state index in [1.807, 2.05) is 30.3 Å². The lowest BCUT2D eigenvalue weighted by molar-refractivity contribution is 0.348. The van der Waals surface area contributed by atoms with Gasteiger partial charge >= 0.3 is 0 Å². The lowest BCUT2D eigenvalue weighted by atomic mass is 10.1. The van der Waals surface area contributed by atoms with Crippen LogP contribution in [0.2, 0.25) is 0 Å². The monoisotopic (exact) mass is 281 g/mol. The number of anilines is 1.